The van der Waals surface area contributed by atoms with Gasteiger partial charge in [0.05, 0.1) is 0 Å². The van der Waals surface area contributed by atoms with E-state index >= 15 is 0 Å². The summed E-state index contributed by atoms with van der Waals surface area (Å²) in [6, 6.07) is 8.38. The minimum Gasteiger partial charge on any atom is -0.124 e. The first-order valence-electron chi connectivity index (χ1n) is 4.93. The Balaban J connectivity index is 3.30. The predicted octanol–water partition coefficient (Wildman–Crippen LogP) is 4.21. The van der Waals surface area contributed by atoms with Gasteiger partial charge >= 0.3 is 0 Å². The van der Waals surface area contributed by atoms with Gasteiger partial charge in [0.1, 0.15) is 0 Å². The molecule has 0 aromatic heterocycles. The van der Waals surface area contributed by atoms with Gasteiger partial charge in [-0.15, -0.1) is 5.73 Å². The Morgan fingerprint density at radius 2 is 1.79 bits per heavy atom. The second-order valence-corrected chi connectivity index (χ2v) is 4.62. The Labute approximate surface area is 87.0 Å². The lowest BCUT2D eigenvalue weighted by molar-refractivity contribution is 0.567. The molecule has 0 unspecified atom stereocenters. The lowest BCUT2D eigenvalue weighted by Gasteiger charge is -2.22. The molecule has 1 aromatic carbocycles. The van der Waals surface area contributed by atoms with Crippen molar-refractivity contribution in [3.8, 4) is 0 Å². The summed E-state index contributed by atoms with van der Waals surface area (Å²) in [5, 5.41) is 0. The summed E-state index contributed by atoms with van der Waals surface area (Å²) >= 11 is 0. The van der Waals surface area contributed by atoms with Crippen LogP contribution in [0, 0.1) is 12.3 Å². The molecule has 0 atom stereocenters. The van der Waals surface area contributed by atoms with Gasteiger partial charge in [-0.05, 0) is 23.5 Å². The topological polar surface area (TPSA) is 0 Å². The van der Waals surface area contributed by atoms with Crippen molar-refractivity contribution in [3.05, 3.63) is 47.7 Å². The van der Waals surface area contributed by atoms with Crippen molar-refractivity contribution in [2.24, 2.45) is 5.41 Å². The minimum atomic E-state index is 0.105. The third-order valence-corrected chi connectivity index (χ3v) is 2.34. The summed E-state index contributed by atoms with van der Waals surface area (Å²) in [5.74, 6) is 0. The zero-order valence-corrected chi connectivity index (χ0v) is 9.52. The first-order chi connectivity index (χ1) is 6.46. The molecule has 14 heavy (non-hydrogen) atoms. The molecular formula is C14H18. The lowest BCUT2D eigenvalue weighted by Crippen LogP contribution is -2.08. The molecule has 0 radical (unpaired) electrons. The Hall–Kier alpha value is -1.26. The molecule has 0 N–H and O–H groups in total. The van der Waals surface area contributed by atoms with Crippen LogP contribution in [-0.4, -0.2) is 0 Å². The van der Waals surface area contributed by atoms with E-state index in [4.69, 9.17) is 0 Å². The maximum atomic E-state index is 3.78. The summed E-state index contributed by atoms with van der Waals surface area (Å²) in [6.45, 7) is 12.5. The van der Waals surface area contributed by atoms with E-state index in [2.05, 4.69) is 64.3 Å². The maximum Gasteiger partial charge on any atom is 0.00621 e. The molecule has 0 heterocycles. The highest BCUT2D eigenvalue weighted by Crippen LogP contribution is 2.34. The van der Waals surface area contributed by atoms with Crippen LogP contribution < -0.4 is 0 Å². The number of hydrogen-bond acceptors (Lipinski definition) is 0. The molecule has 0 bridgehead atoms. The standard InChI is InChI=1S/C14H18/c1-6-13(14(3,4)5)12-10-8-7-9-11(12)2/h7-10H,1H2,2-5H3. The Morgan fingerprint density at radius 1 is 1.21 bits per heavy atom. The zero-order chi connectivity index (χ0) is 10.8. The third kappa shape index (κ3) is 2.16. The second kappa shape index (κ2) is 3.86. The quantitative estimate of drug-likeness (QED) is 0.576. The zero-order valence-electron chi connectivity index (χ0n) is 9.52. The molecule has 0 aliphatic carbocycles. The molecule has 0 fully saturated rings. The van der Waals surface area contributed by atoms with Crippen LogP contribution in [-0.2, 0) is 0 Å². The number of aryl methyl sites for hydroxylation is 1. The SMILES string of the molecule is C=C=C(c1ccccc1C)C(C)(C)C. The number of hydrogen-bond donors (Lipinski definition) is 0. The van der Waals surface area contributed by atoms with E-state index in [1.54, 1.807) is 0 Å². The van der Waals surface area contributed by atoms with Gasteiger partial charge in [0.2, 0.25) is 0 Å². The highest BCUT2D eigenvalue weighted by molar-refractivity contribution is 5.70. The molecule has 1 aromatic rings. The smallest absolute Gasteiger partial charge is 0.00621 e. The van der Waals surface area contributed by atoms with Crippen LogP contribution in [0.25, 0.3) is 5.57 Å². The van der Waals surface area contributed by atoms with Crippen LogP contribution in [0.1, 0.15) is 31.9 Å². The number of benzene rings is 1. The average molecular weight is 186 g/mol. The molecule has 74 valence electrons. The molecular weight excluding hydrogens is 168 g/mol. The van der Waals surface area contributed by atoms with Gasteiger partial charge in [-0.2, -0.15) is 0 Å². The first-order valence-corrected chi connectivity index (χ1v) is 4.93. The molecule has 0 spiro atoms. The van der Waals surface area contributed by atoms with Crippen LogP contribution in [0.2, 0.25) is 0 Å². The van der Waals surface area contributed by atoms with E-state index in [0.29, 0.717) is 0 Å². The van der Waals surface area contributed by atoms with E-state index in [1.165, 1.54) is 16.7 Å². The van der Waals surface area contributed by atoms with Gasteiger partial charge in [0.25, 0.3) is 0 Å². The fraction of sp³-hybridized carbons (Fsp3) is 0.357. The molecule has 0 saturated carbocycles. The molecule has 0 saturated heterocycles. The van der Waals surface area contributed by atoms with E-state index in [-0.39, 0.29) is 5.41 Å². The summed E-state index contributed by atoms with van der Waals surface area (Å²) < 4.78 is 0. The van der Waals surface area contributed by atoms with Gasteiger partial charge in [0, 0.05) is 5.57 Å². The molecule has 0 nitrogen and oxygen atoms in total. The van der Waals surface area contributed by atoms with Gasteiger partial charge in [-0.3, -0.25) is 0 Å². The molecule has 1 rings (SSSR count). The average Bonchev–Trinajstić information content (AvgIpc) is 2.07. The Kier molecular flexibility index (Phi) is 2.98. The van der Waals surface area contributed by atoms with E-state index in [0.717, 1.165) is 0 Å². The highest BCUT2D eigenvalue weighted by atomic mass is 14.2. The van der Waals surface area contributed by atoms with Crippen LogP contribution in [0.15, 0.2) is 36.6 Å². The van der Waals surface area contributed by atoms with Crippen LogP contribution in [0.5, 0.6) is 0 Å². The Bertz CT molecular complexity index is 371. The Morgan fingerprint density at radius 3 is 2.21 bits per heavy atom. The van der Waals surface area contributed by atoms with Crippen LogP contribution in [0.3, 0.4) is 0 Å². The second-order valence-electron chi connectivity index (χ2n) is 4.62. The predicted molar refractivity (Wildman–Crippen MR) is 63.2 cm³/mol. The van der Waals surface area contributed by atoms with Crippen LogP contribution in [0.4, 0.5) is 0 Å². The van der Waals surface area contributed by atoms with Gasteiger partial charge < -0.3 is 0 Å². The van der Waals surface area contributed by atoms with Crippen molar-refractivity contribution in [1.29, 1.82) is 0 Å². The van der Waals surface area contributed by atoms with E-state index in [9.17, 15) is 0 Å². The molecule has 0 aliphatic rings. The largest absolute Gasteiger partial charge is 0.124 e. The van der Waals surface area contributed by atoms with Crippen molar-refractivity contribution < 1.29 is 0 Å². The molecule has 0 amide bonds. The third-order valence-electron chi connectivity index (χ3n) is 2.34. The van der Waals surface area contributed by atoms with Crippen molar-refractivity contribution in [2.45, 2.75) is 27.7 Å². The first kappa shape index (κ1) is 10.8. The lowest BCUT2D eigenvalue weighted by atomic mass is 9.81. The van der Waals surface area contributed by atoms with Crippen molar-refractivity contribution in [1.82, 2.24) is 0 Å². The maximum absolute atomic E-state index is 3.78. The highest BCUT2D eigenvalue weighted by Gasteiger charge is 2.19. The van der Waals surface area contributed by atoms with Gasteiger partial charge in [-0.25, -0.2) is 0 Å². The van der Waals surface area contributed by atoms with Gasteiger partial charge in [-0.1, -0.05) is 51.6 Å². The fourth-order valence-electron chi connectivity index (χ4n) is 1.62. The summed E-state index contributed by atoms with van der Waals surface area (Å²) in [7, 11) is 0. The van der Waals surface area contributed by atoms with Gasteiger partial charge in [0.15, 0.2) is 0 Å². The summed E-state index contributed by atoms with van der Waals surface area (Å²) in [6.07, 6.45) is 0. The monoisotopic (exact) mass is 186 g/mol. The normalized spacial score (nSPS) is 10.9. The molecule has 0 heteroatoms. The van der Waals surface area contributed by atoms with E-state index < -0.39 is 0 Å². The van der Waals surface area contributed by atoms with Crippen molar-refractivity contribution in [3.63, 3.8) is 0 Å². The van der Waals surface area contributed by atoms with Crippen molar-refractivity contribution in [2.75, 3.05) is 0 Å². The van der Waals surface area contributed by atoms with Crippen molar-refractivity contribution >= 4 is 5.57 Å². The number of allylic oxidation sites excluding steroid dienone is 1. The molecule has 0 aliphatic heterocycles. The van der Waals surface area contributed by atoms with Crippen LogP contribution >= 0.6 is 0 Å². The fourth-order valence-corrected chi connectivity index (χ4v) is 1.62. The summed E-state index contributed by atoms with van der Waals surface area (Å²) in [4.78, 5) is 0. The minimum absolute atomic E-state index is 0.105. The summed E-state index contributed by atoms with van der Waals surface area (Å²) in [5.41, 5.74) is 6.91. The van der Waals surface area contributed by atoms with E-state index in [1.807, 2.05) is 0 Å². The number of rotatable bonds is 1.